The van der Waals surface area contributed by atoms with Crippen LogP contribution in [0.25, 0.3) is 0 Å². The van der Waals surface area contributed by atoms with Crippen LogP contribution >= 0.6 is 0 Å². The van der Waals surface area contributed by atoms with Crippen molar-refractivity contribution in [2.24, 2.45) is 0 Å². The average molecular weight is 194 g/mol. The zero-order valence-corrected chi connectivity index (χ0v) is 7.65. The molecule has 0 fully saturated rings. The molecule has 0 saturated heterocycles. The molecule has 0 amide bonds. The van der Waals surface area contributed by atoms with Gasteiger partial charge in [-0.2, -0.15) is 0 Å². The molecule has 2 heterocycles. The van der Waals surface area contributed by atoms with Gasteiger partial charge in [0.15, 0.2) is 12.5 Å². The van der Waals surface area contributed by atoms with Gasteiger partial charge in [-0.15, -0.1) is 0 Å². The molecule has 1 unspecified atom stereocenters. The van der Waals surface area contributed by atoms with Crippen LogP contribution in [0.15, 0.2) is 6.07 Å². The summed E-state index contributed by atoms with van der Waals surface area (Å²) >= 11 is 0. The van der Waals surface area contributed by atoms with Crippen molar-refractivity contribution in [3.05, 3.63) is 23.0 Å². The zero-order chi connectivity index (χ0) is 10.3. The molecule has 0 radical (unpaired) electrons. The van der Waals surface area contributed by atoms with Gasteiger partial charge < -0.3 is 10.1 Å². The zero-order valence-electron chi connectivity index (χ0n) is 7.65. The topological polar surface area (TPSA) is 73.4 Å². The summed E-state index contributed by atoms with van der Waals surface area (Å²) in [5.74, 6) is -0.363. The summed E-state index contributed by atoms with van der Waals surface area (Å²) < 4.78 is 0. The van der Waals surface area contributed by atoms with E-state index < -0.39 is 6.23 Å². The second-order valence-corrected chi connectivity index (χ2v) is 3.39. The van der Waals surface area contributed by atoms with E-state index in [1.54, 1.807) is 7.05 Å². The number of aliphatic hydroxyl groups excluding tert-OH is 1. The van der Waals surface area contributed by atoms with Crippen LogP contribution in [0.4, 0.5) is 0 Å². The van der Waals surface area contributed by atoms with E-state index in [1.807, 2.05) is 0 Å². The first-order chi connectivity index (χ1) is 6.63. The molecule has 1 aliphatic heterocycles. The molecular weight excluding hydrogens is 184 g/mol. The lowest BCUT2D eigenvalue weighted by molar-refractivity contribution is 0.0138. The van der Waals surface area contributed by atoms with Crippen molar-refractivity contribution < 1.29 is 14.7 Å². The SMILES string of the molecule is CN1Cc2[nH]c(C=O)cc2C(=O)C1O. The molecule has 74 valence electrons. The molecule has 1 aliphatic rings. The first kappa shape index (κ1) is 9.11. The number of aromatic amines is 1. The van der Waals surface area contributed by atoms with Crippen LogP contribution < -0.4 is 0 Å². The highest BCUT2D eigenvalue weighted by Gasteiger charge is 2.31. The lowest BCUT2D eigenvalue weighted by atomic mass is 10.1. The van der Waals surface area contributed by atoms with Crippen molar-refractivity contribution in [3.8, 4) is 0 Å². The maximum Gasteiger partial charge on any atom is 0.208 e. The van der Waals surface area contributed by atoms with Crippen LogP contribution in [-0.4, -0.2) is 40.3 Å². The number of aliphatic hydroxyl groups is 1. The minimum absolute atomic E-state index is 0.363. The highest BCUT2D eigenvalue weighted by atomic mass is 16.3. The number of H-pyrrole nitrogens is 1. The molecule has 0 saturated carbocycles. The predicted octanol–water partition coefficient (Wildman–Crippen LogP) is -0.226. The Kier molecular flexibility index (Phi) is 1.98. The molecule has 1 atom stereocenters. The standard InChI is InChI=1S/C9H10N2O3/c1-11-3-7-6(8(13)9(11)14)2-5(4-12)10-7/h2,4,9-10,14H,3H2,1H3. The lowest BCUT2D eigenvalue weighted by Gasteiger charge is -2.26. The summed E-state index contributed by atoms with van der Waals surface area (Å²) in [4.78, 5) is 26.3. The molecule has 0 aromatic carbocycles. The number of carbonyl (C=O) groups is 2. The van der Waals surface area contributed by atoms with E-state index in [0.29, 0.717) is 29.8 Å². The molecule has 5 nitrogen and oxygen atoms in total. The summed E-state index contributed by atoms with van der Waals surface area (Å²) in [5.41, 5.74) is 1.47. The van der Waals surface area contributed by atoms with Crippen molar-refractivity contribution in [1.82, 2.24) is 9.88 Å². The Hall–Kier alpha value is -1.46. The van der Waals surface area contributed by atoms with Crippen LogP contribution in [0.3, 0.4) is 0 Å². The second-order valence-electron chi connectivity index (χ2n) is 3.39. The summed E-state index contributed by atoms with van der Waals surface area (Å²) in [7, 11) is 1.65. The van der Waals surface area contributed by atoms with Crippen LogP contribution in [-0.2, 0) is 6.54 Å². The normalized spacial score (nSPS) is 22.1. The lowest BCUT2D eigenvalue weighted by Crippen LogP contribution is -2.42. The van der Waals surface area contributed by atoms with E-state index in [4.69, 9.17) is 0 Å². The maximum atomic E-state index is 11.5. The number of rotatable bonds is 1. The summed E-state index contributed by atoms with van der Waals surface area (Å²) in [6.07, 6.45) is -0.448. The van der Waals surface area contributed by atoms with Gasteiger partial charge in [-0.1, -0.05) is 0 Å². The number of nitrogens with one attached hydrogen (secondary N) is 1. The number of aldehydes is 1. The van der Waals surface area contributed by atoms with E-state index in [-0.39, 0.29) is 5.78 Å². The van der Waals surface area contributed by atoms with Gasteiger partial charge in [-0.3, -0.25) is 14.5 Å². The quantitative estimate of drug-likeness (QED) is 0.606. The summed E-state index contributed by atoms with van der Waals surface area (Å²) in [6, 6.07) is 1.47. The van der Waals surface area contributed by atoms with Gasteiger partial charge in [-0.25, -0.2) is 0 Å². The van der Waals surface area contributed by atoms with E-state index in [0.717, 1.165) is 0 Å². The number of likely N-dealkylation sites (N-methyl/N-ethyl adjacent to an activating group) is 1. The fourth-order valence-electron chi connectivity index (χ4n) is 1.60. The number of aromatic nitrogens is 1. The van der Waals surface area contributed by atoms with Gasteiger partial charge in [-0.05, 0) is 13.1 Å². The van der Waals surface area contributed by atoms with Gasteiger partial charge in [0.25, 0.3) is 0 Å². The predicted molar refractivity (Wildman–Crippen MR) is 48.0 cm³/mol. The largest absolute Gasteiger partial charge is 0.371 e. The fraction of sp³-hybridized carbons (Fsp3) is 0.333. The van der Waals surface area contributed by atoms with E-state index in [2.05, 4.69) is 4.98 Å². The molecule has 0 bridgehead atoms. The van der Waals surface area contributed by atoms with Crippen LogP contribution in [0.1, 0.15) is 26.5 Å². The number of nitrogens with zero attached hydrogens (tertiary/aromatic N) is 1. The first-order valence-electron chi connectivity index (χ1n) is 4.23. The molecule has 14 heavy (non-hydrogen) atoms. The van der Waals surface area contributed by atoms with Crippen molar-refractivity contribution >= 4 is 12.1 Å². The Bertz CT molecular complexity index is 397. The van der Waals surface area contributed by atoms with Gasteiger partial charge in [0.2, 0.25) is 5.78 Å². The highest BCUT2D eigenvalue weighted by molar-refractivity contribution is 6.02. The number of hydrogen-bond acceptors (Lipinski definition) is 4. The fourth-order valence-corrected chi connectivity index (χ4v) is 1.60. The molecule has 1 aromatic rings. The third kappa shape index (κ3) is 1.18. The highest BCUT2D eigenvalue weighted by Crippen LogP contribution is 2.20. The Morgan fingerprint density at radius 2 is 2.43 bits per heavy atom. The minimum atomic E-state index is -1.10. The van der Waals surface area contributed by atoms with E-state index in [9.17, 15) is 14.7 Å². The van der Waals surface area contributed by atoms with E-state index in [1.165, 1.54) is 11.0 Å². The maximum absolute atomic E-state index is 11.5. The molecule has 5 heteroatoms. The number of hydrogen-bond donors (Lipinski definition) is 2. The van der Waals surface area contributed by atoms with Gasteiger partial charge in [0.05, 0.1) is 5.69 Å². The number of ketones is 1. The van der Waals surface area contributed by atoms with Crippen molar-refractivity contribution in [3.63, 3.8) is 0 Å². The Morgan fingerprint density at radius 3 is 3.07 bits per heavy atom. The molecule has 0 spiro atoms. The molecule has 0 aliphatic carbocycles. The van der Waals surface area contributed by atoms with Crippen LogP contribution in [0, 0.1) is 0 Å². The summed E-state index contributed by atoms with van der Waals surface area (Å²) in [6.45, 7) is 0.441. The van der Waals surface area contributed by atoms with Crippen LogP contribution in [0.2, 0.25) is 0 Å². The number of fused-ring (bicyclic) bond motifs is 1. The molecule has 2 N–H and O–H groups in total. The smallest absolute Gasteiger partial charge is 0.208 e. The Labute approximate surface area is 80.3 Å². The Balaban J connectivity index is 2.48. The van der Waals surface area contributed by atoms with Crippen molar-refractivity contribution in [2.75, 3.05) is 7.05 Å². The number of Topliss-reactive ketones (excluding diaryl/α,β-unsaturated/α-hetero) is 1. The second kappa shape index (κ2) is 3.04. The van der Waals surface area contributed by atoms with Gasteiger partial charge >= 0.3 is 0 Å². The van der Waals surface area contributed by atoms with Gasteiger partial charge in [0, 0.05) is 17.8 Å². The molecule has 1 aromatic heterocycles. The third-order valence-electron chi connectivity index (χ3n) is 2.37. The van der Waals surface area contributed by atoms with Gasteiger partial charge in [0.1, 0.15) is 0 Å². The summed E-state index contributed by atoms with van der Waals surface area (Å²) in [5, 5.41) is 9.45. The van der Waals surface area contributed by atoms with Crippen molar-refractivity contribution in [2.45, 2.75) is 12.8 Å². The minimum Gasteiger partial charge on any atom is -0.371 e. The third-order valence-corrected chi connectivity index (χ3v) is 2.37. The average Bonchev–Trinajstić information content (AvgIpc) is 2.57. The number of carbonyl (C=O) groups excluding carboxylic acids is 2. The molecular formula is C9H10N2O3. The first-order valence-corrected chi connectivity index (χ1v) is 4.23. The monoisotopic (exact) mass is 194 g/mol. The molecule has 2 rings (SSSR count). The Morgan fingerprint density at radius 1 is 1.71 bits per heavy atom. The van der Waals surface area contributed by atoms with E-state index >= 15 is 0 Å². The van der Waals surface area contributed by atoms with Crippen LogP contribution in [0.5, 0.6) is 0 Å². The van der Waals surface area contributed by atoms with Crippen molar-refractivity contribution in [1.29, 1.82) is 0 Å².